The molecule has 2 rings (SSSR count). The second-order valence-electron chi connectivity index (χ2n) is 4.86. The molecule has 1 fully saturated rings. The van der Waals surface area contributed by atoms with Crippen LogP contribution in [0, 0.1) is 6.92 Å². The van der Waals surface area contributed by atoms with Gasteiger partial charge in [-0.15, -0.1) is 11.3 Å². The first-order chi connectivity index (χ1) is 9.11. The van der Waals surface area contributed by atoms with Gasteiger partial charge in [0.15, 0.2) is 0 Å². The number of hydrogen-bond acceptors (Lipinski definition) is 3. The highest BCUT2D eigenvalue weighted by Crippen LogP contribution is 2.22. The van der Waals surface area contributed by atoms with E-state index in [2.05, 4.69) is 17.6 Å². The molecule has 0 aliphatic carbocycles. The highest BCUT2D eigenvalue weighted by atomic mass is 32.1. The summed E-state index contributed by atoms with van der Waals surface area (Å²) in [5.74, 6) is -0.190. The third-order valence-corrected chi connectivity index (χ3v) is 4.56. The van der Waals surface area contributed by atoms with Crippen molar-refractivity contribution in [3.8, 4) is 0 Å². The molecule has 2 N–H and O–H groups in total. The molecule has 0 bridgehead atoms. The Morgan fingerprint density at radius 1 is 1.53 bits per heavy atom. The Labute approximate surface area is 117 Å². The van der Waals surface area contributed by atoms with Crippen molar-refractivity contribution in [1.82, 2.24) is 10.6 Å². The average molecular weight is 280 g/mol. The quantitative estimate of drug-likeness (QED) is 0.890. The van der Waals surface area contributed by atoms with Gasteiger partial charge in [-0.3, -0.25) is 9.59 Å². The lowest BCUT2D eigenvalue weighted by Crippen LogP contribution is -2.45. The Kier molecular flexibility index (Phi) is 4.58. The lowest BCUT2D eigenvalue weighted by atomic mass is 10.1. The molecule has 19 heavy (non-hydrogen) atoms. The van der Waals surface area contributed by atoms with Crippen LogP contribution in [0.3, 0.4) is 0 Å². The van der Waals surface area contributed by atoms with Crippen molar-refractivity contribution in [3.05, 3.63) is 21.4 Å². The van der Waals surface area contributed by atoms with Crippen molar-refractivity contribution in [2.45, 2.75) is 45.6 Å². The Bertz CT molecular complexity index is 482. The third kappa shape index (κ3) is 3.35. The number of aryl methyl sites for hydroxylation is 2. The molecule has 1 aromatic heterocycles. The van der Waals surface area contributed by atoms with Gasteiger partial charge in [0, 0.05) is 11.4 Å². The molecule has 0 aromatic carbocycles. The maximum absolute atomic E-state index is 12.2. The minimum Gasteiger partial charge on any atom is -0.354 e. The predicted octanol–water partition coefficient (Wildman–Crippen LogP) is 2.02. The largest absolute Gasteiger partial charge is 0.354 e. The molecule has 0 radical (unpaired) electrons. The van der Waals surface area contributed by atoms with Gasteiger partial charge < -0.3 is 10.6 Å². The summed E-state index contributed by atoms with van der Waals surface area (Å²) >= 11 is 1.50. The summed E-state index contributed by atoms with van der Waals surface area (Å²) in [7, 11) is 0. The van der Waals surface area contributed by atoms with Crippen molar-refractivity contribution in [3.63, 3.8) is 0 Å². The summed E-state index contributed by atoms with van der Waals surface area (Å²) in [6.45, 7) is 4.82. The molecule has 1 saturated heterocycles. The van der Waals surface area contributed by atoms with Crippen LogP contribution in [0.4, 0.5) is 0 Å². The van der Waals surface area contributed by atoms with Crippen molar-refractivity contribution in [2.75, 3.05) is 6.54 Å². The van der Waals surface area contributed by atoms with Crippen LogP contribution in [0.25, 0.3) is 0 Å². The first-order valence-corrected chi connectivity index (χ1v) is 7.61. The Hall–Kier alpha value is -1.36. The number of rotatable bonds is 3. The van der Waals surface area contributed by atoms with E-state index in [1.165, 1.54) is 21.8 Å². The van der Waals surface area contributed by atoms with E-state index >= 15 is 0 Å². The Morgan fingerprint density at radius 2 is 2.32 bits per heavy atom. The summed E-state index contributed by atoms with van der Waals surface area (Å²) in [5.41, 5.74) is 1.21. The molecule has 0 spiro atoms. The molecular formula is C14H20N2O2S. The standard InChI is InChI=1S/C14H20N2O2S/c1-3-10-8-12(19-9(10)2)14(18)16-11-6-4-5-7-15-13(11)17/h8,11H,3-7H2,1-2H3,(H,15,17)(H,16,18)/t11-/m1/s1. The summed E-state index contributed by atoms with van der Waals surface area (Å²) in [5, 5.41) is 5.68. The van der Waals surface area contributed by atoms with E-state index in [-0.39, 0.29) is 17.9 Å². The molecule has 1 atom stereocenters. The van der Waals surface area contributed by atoms with Crippen molar-refractivity contribution < 1.29 is 9.59 Å². The zero-order valence-corrected chi connectivity index (χ0v) is 12.2. The zero-order chi connectivity index (χ0) is 13.8. The monoisotopic (exact) mass is 280 g/mol. The summed E-state index contributed by atoms with van der Waals surface area (Å²) in [4.78, 5) is 25.8. The normalized spacial score (nSPS) is 19.7. The molecule has 4 nitrogen and oxygen atoms in total. The van der Waals surface area contributed by atoms with Crippen LogP contribution < -0.4 is 10.6 Å². The van der Waals surface area contributed by atoms with Crippen molar-refractivity contribution in [2.24, 2.45) is 0 Å². The van der Waals surface area contributed by atoms with Crippen LogP contribution in [-0.4, -0.2) is 24.4 Å². The molecule has 1 aliphatic rings. The maximum atomic E-state index is 12.2. The van der Waals surface area contributed by atoms with E-state index in [1.807, 2.05) is 13.0 Å². The number of amides is 2. The van der Waals surface area contributed by atoms with Gasteiger partial charge in [-0.05, 0) is 44.2 Å². The molecule has 1 aromatic rings. The SMILES string of the molecule is CCc1cc(C(=O)N[C@@H]2CCCCNC2=O)sc1C. The van der Waals surface area contributed by atoms with Gasteiger partial charge in [0.2, 0.25) is 5.91 Å². The second kappa shape index (κ2) is 6.19. The van der Waals surface area contributed by atoms with E-state index in [1.54, 1.807) is 0 Å². The van der Waals surface area contributed by atoms with Gasteiger partial charge in [-0.1, -0.05) is 6.92 Å². The Balaban J connectivity index is 2.04. The van der Waals surface area contributed by atoms with Gasteiger partial charge in [0.25, 0.3) is 5.91 Å². The van der Waals surface area contributed by atoms with Crippen molar-refractivity contribution in [1.29, 1.82) is 0 Å². The first kappa shape index (κ1) is 14.1. The minimum absolute atomic E-state index is 0.0603. The van der Waals surface area contributed by atoms with Gasteiger partial charge in [-0.25, -0.2) is 0 Å². The number of hydrogen-bond donors (Lipinski definition) is 2. The molecule has 5 heteroatoms. The predicted molar refractivity (Wildman–Crippen MR) is 76.5 cm³/mol. The highest BCUT2D eigenvalue weighted by molar-refractivity contribution is 7.14. The number of carbonyl (C=O) groups is 2. The van der Waals surface area contributed by atoms with Crippen LogP contribution in [0.15, 0.2) is 6.07 Å². The number of nitrogens with one attached hydrogen (secondary N) is 2. The van der Waals surface area contributed by atoms with Crippen LogP contribution in [0.2, 0.25) is 0 Å². The molecule has 2 heterocycles. The lowest BCUT2D eigenvalue weighted by Gasteiger charge is -2.14. The molecule has 2 amide bonds. The van der Waals surface area contributed by atoms with Gasteiger partial charge >= 0.3 is 0 Å². The van der Waals surface area contributed by atoms with Crippen molar-refractivity contribution >= 4 is 23.2 Å². The fraction of sp³-hybridized carbons (Fsp3) is 0.571. The fourth-order valence-electron chi connectivity index (χ4n) is 2.29. The maximum Gasteiger partial charge on any atom is 0.262 e. The lowest BCUT2D eigenvalue weighted by molar-refractivity contribution is -0.122. The van der Waals surface area contributed by atoms with E-state index in [9.17, 15) is 9.59 Å². The van der Waals surface area contributed by atoms with E-state index in [0.717, 1.165) is 25.7 Å². The number of thiophene rings is 1. The van der Waals surface area contributed by atoms with Gasteiger partial charge in [0.1, 0.15) is 6.04 Å². The molecule has 104 valence electrons. The van der Waals surface area contributed by atoms with E-state index < -0.39 is 0 Å². The first-order valence-electron chi connectivity index (χ1n) is 6.79. The van der Waals surface area contributed by atoms with E-state index in [4.69, 9.17) is 0 Å². The topological polar surface area (TPSA) is 58.2 Å². The van der Waals surface area contributed by atoms with Crippen LogP contribution in [0.1, 0.15) is 46.3 Å². The zero-order valence-electron chi connectivity index (χ0n) is 11.4. The molecule has 1 aliphatic heterocycles. The smallest absolute Gasteiger partial charge is 0.262 e. The minimum atomic E-state index is -0.387. The van der Waals surface area contributed by atoms with E-state index in [0.29, 0.717) is 11.4 Å². The van der Waals surface area contributed by atoms with Gasteiger partial charge in [-0.2, -0.15) is 0 Å². The summed E-state index contributed by atoms with van der Waals surface area (Å²) in [6.07, 6.45) is 3.60. The fourth-order valence-corrected chi connectivity index (χ4v) is 3.31. The second-order valence-corrected chi connectivity index (χ2v) is 6.11. The highest BCUT2D eigenvalue weighted by Gasteiger charge is 2.23. The van der Waals surface area contributed by atoms with Crippen LogP contribution in [0.5, 0.6) is 0 Å². The number of carbonyl (C=O) groups excluding carboxylic acids is 2. The Morgan fingerprint density at radius 3 is 3.00 bits per heavy atom. The third-order valence-electron chi connectivity index (χ3n) is 3.47. The van der Waals surface area contributed by atoms with Crippen LogP contribution >= 0.6 is 11.3 Å². The molecule has 0 saturated carbocycles. The summed E-state index contributed by atoms with van der Waals surface area (Å²) in [6, 6.07) is 1.55. The average Bonchev–Trinajstić information content (AvgIpc) is 2.66. The molecule has 0 unspecified atom stereocenters. The molecular weight excluding hydrogens is 260 g/mol. The van der Waals surface area contributed by atoms with Crippen LogP contribution in [-0.2, 0) is 11.2 Å². The summed E-state index contributed by atoms with van der Waals surface area (Å²) < 4.78 is 0. The van der Waals surface area contributed by atoms with Gasteiger partial charge in [0.05, 0.1) is 4.88 Å².